The maximum Gasteiger partial charge on any atom is 0.586 e. The van der Waals surface area contributed by atoms with Gasteiger partial charge in [0, 0.05) is 12.1 Å². The third-order valence-corrected chi connectivity index (χ3v) is 5.96. The standard InChI is InChI=1S/C24H20F2N2O4/c25-24(26)31-20-11-8-14(13-21(20)32-24)15-9-10-18(17-6-2-1-5-16(15)17)23(30)28-12-4-3-7-19(28)22(27)29/h1-2,5-6,8-11,13,19H,3-4,7,12H2,(H2,27,29). The molecule has 0 saturated carbocycles. The fourth-order valence-corrected chi connectivity index (χ4v) is 4.48. The van der Waals surface area contributed by atoms with Crippen LogP contribution in [0.5, 0.6) is 11.5 Å². The third kappa shape index (κ3) is 3.41. The number of hydrogen-bond donors (Lipinski definition) is 1. The highest BCUT2D eigenvalue weighted by Crippen LogP contribution is 2.44. The SMILES string of the molecule is NC(=O)C1CCCCN1C(=O)c1ccc(-c2ccc3c(c2)OC(F)(F)O3)c2ccccc12. The Labute approximate surface area is 182 Å². The Morgan fingerprint density at radius 2 is 1.72 bits per heavy atom. The summed E-state index contributed by atoms with van der Waals surface area (Å²) < 4.78 is 35.9. The van der Waals surface area contributed by atoms with E-state index in [4.69, 9.17) is 5.73 Å². The van der Waals surface area contributed by atoms with Gasteiger partial charge in [-0.15, -0.1) is 8.78 Å². The maximum absolute atomic E-state index is 13.4. The Bertz CT molecular complexity index is 1240. The number of benzene rings is 3. The summed E-state index contributed by atoms with van der Waals surface area (Å²) in [5.41, 5.74) is 7.40. The van der Waals surface area contributed by atoms with Crippen molar-refractivity contribution in [3.8, 4) is 22.6 Å². The summed E-state index contributed by atoms with van der Waals surface area (Å²) in [6, 6.07) is 14.8. The van der Waals surface area contributed by atoms with Crippen molar-refractivity contribution in [3.05, 3.63) is 60.2 Å². The van der Waals surface area contributed by atoms with Gasteiger partial charge >= 0.3 is 6.29 Å². The van der Waals surface area contributed by atoms with Gasteiger partial charge in [0.25, 0.3) is 5.91 Å². The average Bonchev–Trinajstić information content (AvgIpc) is 3.10. The van der Waals surface area contributed by atoms with E-state index in [1.165, 1.54) is 12.1 Å². The van der Waals surface area contributed by atoms with Crippen LogP contribution in [0.25, 0.3) is 21.9 Å². The number of carbonyl (C=O) groups is 2. The van der Waals surface area contributed by atoms with Gasteiger partial charge < -0.3 is 20.1 Å². The van der Waals surface area contributed by atoms with E-state index in [0.717, 1.165) is 23.8 Å². The number of rotatable bonds is 3. The highest BCUT2D eigenvalue weighted by Gasteiger charge is 2.43. The van der Waals surface area contributed by atoms with E-state index < -0.39 is 18.2 Å². The first-order chi connectivity index (χ1) is 15.3. The van der Waals surface area contributed by atoms with Crippen molar-refractivity contribution in [1.29, 1.82) is 0 Å². The number of fused-ring (bicyclic) bond motifs is 2. The van der Waals surface area contributed by atoms with Crippen LogP contribution in [0.3, 0.4) is 0 Å². The van der Waals surface area contributed by atoms with Crippen LogP contribution in [0, 0.1) is 0 Å². The number of likely N-dealkylation sites (tertiary alicyclic amines) is 1. The van der Waals surface area contributed by atoms with Gasteiger partial charge in [0.2, 0.25) is 5.91 Å². The van der Waals surface area contributed by atoms with Gasteiger partial charge in [0.05, 0.1) is 0 Å². The van der Waals surface area contributed by atoms with Crippen LogP contribution in [0.1, 0.15) is 29.6 Å². The molecule has 1 fully saturated rings. The minimum atomic E-state index is -3.69. The molecule has 2 aliphatic rings. The van der Waals surface area contributed by atoms with Crippen molar-refractivity contribution in [2.24, 2.45) is 5.73 Å². The monoisotopic (exact) mass is 438 g/mol. The van der Waals surface area contributed by atoms with Gasteiger partial charge in [-0.3, -0.25) is 9.59 Å². The van der Waals surface area contributed by atoms with Gasteiger partial charge in [0.1, 0.15) is 6.04 Å². The predicted octanol–water partition coefficient (Wildman–Crippen LogP) is 4.31. The largest absolute Gasteiger partial charge is 0.586 e. The minimum Gasteiger partial charge on any atom is -0.395 e. The molecule has 32 heavy (non-hydrogen) atoms. The summed E-state index contributed by atoms with van der Waals surface area (Å²) in [4.78, 5) is 26.8. The van der Waals surface area contributed by atoms with Crippen LogP contribution in [0.15, 0.2) is 54.6 Å². The van der Waals surface area contributed by atoms with Gasteiger partial charge in [-0.25, -0.2) is 0 Å². The number of ether oxygens (including phenoxy) is 2. The summed E-state index contributed by atoms with van der Waals surface area (Å²) in [6.45, 7) is 0.471. The summed E-state index contributed by atoms with van der Waals surface area (Å²) in [5.74, 6) is -0.829. The number of amides is 2. The molecule has 164 valence electrons. The first-order valence-electron chi connectivity index (χ1n) is 10.4. The highest BCUT2D eigenvalue weighted by molar-refractivity contribution is 6.11. The molecule has 1 saturated heterocycles. The molecule has 0 spiro atoms. The molecule has 2 N–H and O–H groups in total. The Morgan fingerprint density at radius 1 is 0.969 bits per heavy atom. The molecular weight excluding hydrogens is 418 g/mol. The van der Waals surface area contributed by atoms with Crippen molar-refractivity contribution < 1.29 is 27.8 Å². The number of primary amides is 1. The quantitative estimate of drug-likeness (QED) is 0.661. The molecule has 3 aromatic rings. The van der Waals surface area contributed by atoms with Crippen LogP contribution in [-0.2, 0) is 4.79 Å². The zero-order chi connectivity index (χ0) is 22.5. The molecule has 5 rings (SSSR count). The van der Waals surface area contributed by atoms with Crippen LogP contribution in [-0.4, -0.2) is 35.6 Å². The zero-order valence-corrected chi connectivity index (χ0v) is 17.0. The first-order valence-corrected chi connectivity index (χ1v) is 10.4. The lowest BCUT2D eigenvalue weighted by atomic mass is 9.93. The minimum absolute atomic E-state index is 0.0301. The van der Waals surface area contributed by atoms with E-state index in [1.54, 1.807) is 23.1 Å². The van der Waals surface area contributed by atoms with Crippen LogP contribution >= 0.6 is 0 Å². The Morgan fingerprint density at radius 3 is 2.50 bits per heavy atom. The van der Waals surface area contributed by atoms with E-state index >= 15 is 0 Å². The van der Waals surface area contributed by atoms with E-state index in [0.29, 0.717) is 29.5 Å². The first kappa shape index (κ1) is 20.2. The molecular formula is C24H20F2N2O4. The molecule has 1 unspecified atom stereocenters. The lowest BCUT2D eigenvalue weighted by molar-refractivity contribution is -0.286. The van der Waals surface area contributed by atoms with Crippen LogP contribution in [0.4, 0.5) is 8.78 Å². The second-order valence-electron chi connectivity index (χ2n) is 7.95. The summed E-state index contributed by atoms with van der Waals surface area (Å²) in [5, 5.41) is 1.48. The molecule has 1 atom stereocenters. The average molecular weight is 438 g/mol. The molecule has 0 aliphatic carbocycles. The zero-order valence-electron chi connectivity index (χ0n) is 17.0. The molecule has 2 aliphatic heterocycles. The molecule has 8 heteroatoms. The smallest absolute Gasteiger partial charge is 0.395 e. The summed E-state index contributed by atoms with van der Waals surface area (Å²) in [6.07, 6.45) is -1.47. The van der Waals surface area contributed by atoms with Crippen molar-refractivity contribution >= 4 is 22.6 Å². The van der Waals surface area contributed by atoms with Gasteiger partial charge in [-0.05, 0) is 59.4 Å². The Kier molecular flexibility index (Phi) is 4.73. The molecule has 2 heterocycles. The van der Waals surface area contributed by atoms with Gasteiger partial charge in [0.15, 0.2) is 11.5 Å². The lowest BCUT2D eigenvalue weighted by Crippen LogP contribution is -2.50. The molecule has 2 amide bonds. The molecule has 0 aromatic heterocycles. The molecule has 0 radical (unpaired) electrons. The Balaban J connectivity index is 1.57. The van der Waals surface area contributed by atoms with Crippen LogP contribution < -0.4 is 15.2 Å². The molecule has 6 nitrogen and oxygen atoms in total. The number of nitrogens with two attached hydrogens (primary N) is 1. The van der Waals surface area contributed by atoms with Gasteiger partial charge in [-0.1, -0.05) is 36.4 Å². The number of piperidine rings is 1. The summed E-state index contributed by atoms with van der Waals surface area (Å²) >= 11 is 0. The number of alkyl halides is 2. The number of carbonyl (C=O) groups excluding carboxylic acids is 2. The molecule has 0 bridgehead atoms. The fraction of sp³-hybridized carbons (Fsp3) is 0.250. The maximum atomic E-state index is 13.4. The third-order valence-electron chi connectivity index (χ3n) is 5.96. The number of nitrogens with zero attached hydrogens (tertiary/aromatic N) is 1. The van der Waals surface area contributed by atoms with Crippen LogP contribution in [0.2, 0.25) is 0 Å². The van der Waals surface area contributed by atoms with E-state index in [9.17, 15) is 18.4 Å². The van der Waals surface area contributed by atoms with Crippen molar-refractivity contribution in [1.82, 2.24) is 4.90 Å². The number of hydrogen-bond acceptors (Lipinski definition) is 4. The predicted molar refractivity (Wildman–Crippen MR) is 113 cm³/mol. The second kappa shape index (κ2) is 7.47. The highest BCUT2D eigenvalue weighted by atomic mass is 19.3. The Hall–Kier alpha value is -3.68. The van der Waals surface area contributed by atoms with E-state index in [2.05, 4.69) is 9.47 Å². The topological polar surface area (TPSA) is 81.9 Å². The fourth-order valence-electron chi connectivity index (χ4n) is 4.48. The normalized spacial score (nSPS) is 19.2. The van der Waals surface area contributed by atoms with Gasteiger partial charge in [-0.2, -0.15) is 0 Å². The van der Waals surface area contributed by atoms with Crippen molar-refractivity contribution in [3.63, 3.8) is 0 Å². The number of halogens is 2. The molecule has 3 aromatic carbocycles. The van der Waals surface area contributed by atoms with Crippen molar-refractivity contribution in [2.75, 3.05) is 6.54 Å². The van der Waals surface area contributed by atoms with E-state index in [1.807, 2.05) is 24.3 Å². The second-order valence-corrected chi connectivity index (χ2v) is 7.95. The lowest BCUT2D eigenvalue weighted by Gasteiger charge is -2.34. The van der Waals surface area contributed by atoms with Crippen molar-refractivity contribution in [2.45, 2.75) is 31.6 Å². The van der Waals surface area contributed by atoms with E-state index in [-0.39, 0.29) is 17.4 Å². The summed E-state index contributed by atoms with van der Waals surface area (Å²) in [7, 11) is 0.